The minimum atomic E-state index is 0.277. The van der Waals surface area contributed by atoms with Crippen molar-refractivity contribution in [3.05, 3.63) is 0 Å². The molecule has 0 radical (unpaired) electrons. The highest BCUT2D eigenvalue weighted by Crippen LogP contribution is 2.28. The molecule has 70 valence electrons. The van der Waals surface area contributed by atoms with Gasteiger partial charge in [-0.2, -0.15) is 0 Å². The van der Waals surface area contributed by atoms with Gasteiger partial charge >= 0.3 is 0 Å². The summed E-state index contributed by atoms with van der Waals surface area (Å²) in [4.78, 5) is 11.1. The minimum absolute atomic E-state index is 0.277. The van der Waals surface area contributed by atoms with Crippen LogP contribution in [0.4, 0.5) is 0 Å². The van der Waals surface area contributed by atoms with Crippen molar-refractivity contribution < 1.29 is 4.79 Å². The van der Waals surface area contributed by atoms with Crippen LogP contribution in [0.3, 0.4) is 0 Å². The molecular weight excluding hydrogens is 150 g/mol. The van der Waals surface area contributed by atoms with Gasteiger partial charge in [-0.05, 0) is 31.6 Å². The fourth-order valence-electron chi connectivity index (χ4n) is 1.21. The summed E-state index contributed by atoms with van der Waals surface area (Å²) in [6, 6.07) is 0. The molecule has 1 N–H and O–H groups in total. The predicted molar refractivity (Wildman–Crippen MR) is 49.8 cm³/mol. The van der Waals surface area contributed by atoms with Crippen molar-refractivity contribution in [2.75, 3.05) is 6.54 Å². The van der Waals surface area contributed by atoms with Crippen molar-refractivity contribution in [3.63, 3.8) is 0 Å². The summed E-state index contributed by atoms with van der Waals surface area (Å²) < 4.78 is 0. The maximum Gasteiger partial charge on any atom is 0.223 e. The van der Waals surface area contributed by atoms with Gasteiger partial charge in [0.05, 0.1) is 0 Å². The molecule has 1 saturated carbocycles. The SMILES string of the molecule is CC(C)CCCNC(=O)C1CC1. The highest BCUT2D eigenvalue weighted by molar-refractivity contribution is 5.80. The quantitative estimate of drug-likeness (QED) is 0.626. The fraction of sp³-hybridized carbons (Fsp3) is 0.900. The van der Waals surface area contributed by atoms with Crippen LogP contribution in [0.5, 0.6) is 0 Å². The van der Waals surface area contributed by atoms with Gasteiger partial charge in [-0.25, -0.2) is 0 Å². The van der Waals surface area contributed by atoms with Crippen LogP contribution in [0.2, 0.25) is 0 Å². The maximum absolute atomic E-state index is 11.1. The molecule has 2 heteroatoms. The largest absolute Gasteiger partial charge is 0.356 e. The Morgan fingerprint density at radius 1 is 1.50 bits per heavy atom. The molecule has 0 spiro atoms. The van der Waals surface area contributed by atoms with E-state index in [0.29, 0.717) is 5.92 Å². The first-order chi connectivity index (χ1) is 5.70. The Kier molecular flexibility index (Phi) is 3.57. The zero-order valence-corrected chi connectivity index (χ0v) is 8.10. The second-order valence-corrected chi connectivity index (χ2v) is 4.10. The molecule has 0 unspecified atom stereocenters. The van der Waals surface area contributed by atoms with E-state index in [1.807, 2.05) is 0 Å². The standard InChI is InChI=1S/C10H19NO/c1-8(2)4-3-7-11-10(12)9-5-6-9/h8-9H,3-7H2,1-2H3,(H,11,12). The maximum atomic E-state index is 11.1. The molecule has 12 heavy (non-hydrogen) atoms. The first-order valence-electron chi connectivity index (χ1n) is 4.98. The summed E-state index contributed by atoms with van der Waals surface area (Å²) >= 11 is 0. The molecule has 1 rings (SSSR count). The molecule has 1 aliphatic carbocycles. The number of nitrogens with one attached hydrogen (secondary N) is 1. The van der Waals surface area contributed by atoms with E-state index in [2.05, 4.69) is 19.2 Å². The van der Waals surface area contributed by atoms with Crippen LogP contribution < -0.4 is 5.32 Å². The monoisotopic (exact) mass is 169 g/mol. The topological polar surface area (TPSA) is 29.1 Å². The van der Waals surface area contributed by atoms with E-state index >= 15 is 0 Å². The Labute approximate surface area is 74.7 Å². The van der Waals surface area contributed by atoms with Crippen LogP contribution >= 0.6 is 0 Å². The smallest absolute Gasteiger partial charge is 0.223 e. The van der Waals surface area contributed by atoms with Gasteiger partial charge in [0, 0.05) is 12.5 Å². The highest BCUT2D eigenvalue weighted by atomic mass is 16.2. The van der Waals surface area contributed by atoms with E-state index in [9.17, 15) is 4.79 Å². The lowest BCUT2D eigenvalue weighted by molar-refractivity contribution is -0.122. The Bertz CT molecular complexity index is 150. The zero-order valence-electron chi connectivity index (χ0n) is 8.10. The van der Waals surface area contributed by atoms with Gasteiger partial charge < -0.3 is 5.32 Å². The fourth-order valence-corrected chi connectivity index (χ4v) is 1.21. The Morgan fingerprint density at radius 3 is 2.67 bits per heavy atom. The molecule has 0 bridgehead atoms. The lowest BCUT2D eigenvalue weighted by atomic mass is 10.1. The third-order valence-corrected chi connectivity index (χ3v) is 2.21. The van der Waals surface area contributed by atoms with Crippen LogP contribution in [-0.4, -0.2) is 12.5 Å². The van der Waals surface area contributed by atoms with E-state index in [0.717, 1.165) is 31.7 Å². The number of carbonyl (C=O) groups is 1. The van der Waals surface area contributed by atoms with Gasteiger partial charge in [-0.1, -0.05) is 13.8 Å². The van der Waals surface area contributed by atoms with Crippen molar-refractivity contribution in [1.82, 2.24) is 5.32 Å². The van der Waals surface area contributed by atoms with Crippen LogP contribution in [-0.2, 0) is 4.79 Å². The molecular formula is C10H19NO. The molecule has 1 amide bonds. The molecule has 1 aliphatic rings. The number of hydrogen-bond donors (Lipinski definition) is 1. The van der Waals surface area contributed by atoms with Gasteiger partial charge in [-0.3, -0.25) is 4.79 Å². The summed E-state index contributed by atoms with van der Waals surface area (Å²) in [5.41, 5.74) is 0. The van der Waals surface area contributed by atoms with Gasteiger partial charge in [0.2, 0.25) is 5.91 Å². The molecule has 0 aromatic rings. The summed E-state index contributed by atoms with van der Waals surface area (Å²) in [6.45, 7) is 5.29. The van der Waals surface area contributed by atoms with Crippen molar-refractivity contribution in [3.8, 4) is 0 Å². The second kappa shape index (κ2) is 4.48. The number of hydrogen-bond acceptors (Lipinski definition) is 1. The summed E-state index contributed by atoms with van der Waals surface area (Å²) in [7, 11) is 0. The number of amides is 1. The van der Waals surface area contributed by atoms with Crippen LogP contribution in [0.15, 0.2) is 0 Å². The normalized spacial score (nSPS) is 16.6. The average Bonchev–Trinajstić information content (AvgIpc) is 2.79. The summed E-state index contributed by atoms with van der Waals surface area (Å²) in [5.74, 6) is 1.39. The van der Waals surface area contributed by atoms with Gasteiger partial charge in [0.1, 0.15) is 0 Å². The molecule has 0 atom stereocenters. The van der Waals surface area contributed by atoms with Gasteiger partial charge in [0.15, 0.2) is 0 Å². The van der Waals surface area contributed by atoms with Crippen LogP contribution in [0, 0.1) is 11.8 Å². The molecule has 2 nitrogen and oxygen atoms in total. The molecule has 0 aromatic carbocycles. The Hall–Kier alpha value is -0.530. The van der Waals surface area contributed by atoms with E-state index in [1.54, 1.807) is 0 Å². The minimum Gasteiger partial charge on any atom is -0.356 e. The van der Waals surface area contributed by atoms with E-state index in [-0.39, 0.29) is 5.91 Å². The Morgan fingerprint density at radius 2 is 2.17 bits per heavy atom. The number of carbonyl (C=O) groups excluding carboxylic acids is 1. The van der Waals surface area contributed by atoms with Crippen LogP contribution in [0.1, 0.15) is 39.5 Å². The van der Waals surface area contributed by atoms with E-state index < -0.39 is 0 Å². The summed E-state index contributed by atoms with van der Waals surface area (Å²) in [5, 5.41) is 2.96. The molecule has 0 saturated heterocycles. The van der Waals surface area contributed by atoms with Crippen molar-refractivity contribution in [2.24, 2.45) is 11.8 Å². The van der Waals surface area contributed by atoms with Gasteiger partial charge in [-0.15, -0.1) is 0 Å². The third kappa shape index (κ3) is 3.74. The van der Waals surface area contributed by atoms with Crippen molar-refractivity contribution in [2.45, 2.75) is 39.5 Å². The third-order valence-electron chi connectivity index (χ3n) is 2.21. The average molecular weight is 169 g/mol. The molecule has 1 fully saturated rings. The molecule has 0 aromatic heterocycles. The zero-order chi connectivity index (χ0) is 8.97. The lowest BCUT2D eigenvalue weighted by Crippen LogP contribution is -2.25. The van der Waals surface area contributed by atoms with E-state index in [1.165, 1.54) is 6.42 Å². The van der Waals surface area contributed by atoms with Crippen molar-refractivity contribution >= 4 is 5.91 Å². The van der Waals surface area contributed by atoms with E-state index in [4.69, 9.17) is 0 Å². The first kappa shape index (κ1) is 9.56. The molecule has 0 aliphatic heterocycles. The van der Waals surface area contributed by atoms with Gasteiger partial charge in [0.25, 0.3) is 0 Å². The predicted octanol–water partition coefficient (Wildman–Crippen LogP) is 1.95. The number of rotatable bonds is 5. The molecule has 0 heterocycles. The summed E-state index contributed by atoms with van der Waals surface area (Å²) in [6.07, 6.45) is 4.55. The Balaban J connectivity index is 1.91. The van der Waals surface area contributed by atoms with Crippen molar-refractivity contribution in [1.29, 1.82) is 0 Å². The second-order valence-electron chi connectivity index (χ2n) is 4.10. The lowest BCUT2D eigenvalue weighted by Gasteiger charge is -2.05. The first-order valence-corrected chi connectivity index (χ1v) is 4.98. The van der Waals surface area contributed by atoms with Crippen LogP contribution in [0.25, 0.3) is 0 Å². The highest BCUT2D eigenvalue weighted by Gasteiger charge is 2.28.